The Labute approximate surface area is 132 Å². The first-order valence-corrected chi connectivity index (χ1v) is 6.78. The number of nitrogens with one attached hydrogen (secondary N) is 1. The maximum absolute atomic E-state index is 13.8. The SMILES string of the molecule is Nc1c([N+](=O)[O-])ccc(F)c1C(=O)Nc1ccccc1I. The molecular weight excluding hydrogens is 392 g/mol. The highest BCUT2D eigenvalue weighted by Gasteiger charge is 2.24. The van der Waals surface area contributed by atoms with Crippen molar-refractivity contribution < 1.29 is 14.1 Å². The van der Waals surface area contributed by atoms with Crippen LogP contribution in [-0.4, -0.2) is 10.8 Å². The number of carbonyl (C=O) groups is 1. The Morgan fingerprint density at radius 3 is 2.57 bits per heavy atom. The third-order valence-electron chi connectivity index (χ3n) is 2.72. The van der Waals surface area contributed by atoms with E-state index in [1.54, 1.807) is 24.3 Å². The molecule has 108 valence electrons. The molecule has 0 bridgehead atoms. The number of nitro benzene ring substituents is 1. The van der Waals surface area contributed by atoms with E-state index in [1.165, 1.54) is 0 Å². The van der Waals surface area contributed by atoms with Gasteiger partial charge in [-0.3, -0.25) is 14.9 Å². The quantitative estimate of drug-likeness (QED) is 0.357. The number of nitrogen functional groups attached to an aromatic ring is 1. The van der Waals surface area contributed by atoms with Gasteiger partial charge in [0.1, 0.15) is 17.1 Å². The molecule has 0 aliphatic heterocycles. The zero-order valence-corrected chi connectivity index (χ0v) is 12.6. The summed E-state index contributed by atoms with van der Waals surface area (Å²) in [6, 6.07) is 8.63. The van der Waals surface area contributed by atoms with Gasteiger partial charge in [0.2, 0.25) is 0 Å². The van der Waals surface area contributed by atoms with Crippen LogP contribution in [0.15, 0.2) is 36.4 Å². The highest BCUT2D eigenvalue weighted by Crippen LogP contribution is 2.28. The predicted molar refractivity (Wildman–Crippen MR) is 84.6 cm³/mol. The Bertz CT molecular complexity index is 737. The second kappa shape index (κ2) is 6.04. The molecule has 0 radical (unpaired) electrons. The minimum Gasteiger partial charge on any atom is -0.392 e. The fraction of sp³-hybridized carbons (Fsp3) is 0. The summed E-state index contributed by atoms with van der Waals surface area (Å²) in [7, 11) is 0. The van der Waals surface area contributed by atoms with E-state index in [-0.39, 0.29) is 0 Å². The van der Waals surface area contributed by atoms with Crippen LogP contribution in [0.3, 0.4) is 0 Å². The first-order valence-electron chi connectivity index (χ1n) is 5.70. The lowest BCUT2D eigenvalue weighted by Gasteiger charge is -2.10. The number of anilines is 2. The van der Waals surface area contributed by atoms with Gasteiger partial charge in [0.15, 0.2) is 0 Å². The van der Waals surface area contributed by atoms with Gasteiger partial charge in [-0.2, -0.15) is 0 Å². The van der Waals surface area contributed by atoms with E-state index in [1.807, 2.05) is 22.6 Å². The molecule has 0 saturated heterocycles. The summed E-state index contributed by atoms with van der Waals surface area (Å²) in [5.74, 6) is -1.75. The van der Waals surface area contributed by atoms with Gasteiger partial charge in [-0.15, -0.1) is 0 Å². The van der Waals surface area contributed by atoms with Gasteiger partial charge in [0.25, 0.3) is 11.6 Å². The van der Waals surface area contributed by atoms with E-state index in [2.05, 4.69) is 5.32 Å². The van der Waals surface area contributed by atoms with Gasteiger partial charge in [0.05, 0.1) is 10.6 Å². The summed E-state index contributed by atoms with van der Waals surface area (Å²) >= 11 is 2.00. The minimum absolute atomic E-state index is 0.466. The van der Waals surface area contributed by atoms with Crippen molar-refractivity contribution in [2.24, 2.45) is 0 Å². The van der Waals surface area contributed by atoms with Crippen LogP contribution in [0.25, 0.3) is 0 Å². The molecule has 0 aliphatic rings. The Morgan fingerprint density at radius 1 is 1.29 bits per heavy atom. The van der Waals surface area contributed by atoms with E-state index in [0.717, 1.165) is 15.7 Å². The van der Waals surface area contributed by atoms with Crippen molar-refractivity contribution in [3.8, 4) is 0 Å². The number of rotatable bonds is 3. The van der Waals surface area contributed by atoms with Crippen LogP contribution in [0.5, 0.6) is 0 Å². The van der Waals surface area contributed by atoms with Gasteiger partial charge in [-0.05, 0) is 40.8 Å². The molecule has 0 aliphatic carbocycles. The van der Waals surface area contributed by atoms with Crippen molar-refractivity contribution in [1.29, 1.82) is 0 Å². The second-order valence-electron chi connectivity index (χ2n) is 4.05. The molecule has 0 unspecified atom stereocenters. The number of nitrogens with zero attached hydrogens (tertiary/aromatic N) is 1. The van der Waals surface area contributed by atoms with Crippen LogP contribution < -0.4 is 11.1 Å². The maximum atomic E-state index is 13.8. The highest BCUT2D eigenvalue weighted by atomic mass is 127. The molecule has 6 nitrogen and oxygen atoms in total. The van der Waals surface area contributed by atoms with Gasteiger partial charge < -0.3 is 11.1 Å². The Balaban J connectivity index is 2.42. The first kappa shape index (κ1) is 15.2. The minimum atomic E-state index is -0.915. The van der Waals surface area contributed by atoms with Crippen LogP contribution in [0, 0.1) is 19.5 Å². The monoisotopic (exact) mass is 401 g/mol. The standard InChI is InChI=1S/C13H9FIN3O3/c14-7-5-6-10(18(20)21)12(16)11(7)13(19)17-9-4-2-1-3-8(9)15/h1-6H,16H2,(H,17,19). The van der Waals surface area contributed by atoms with Crippen molar-refractivity contribution in [3.05, 3.63) is 61.5 Å². The lowest BCUT2D eigenvalue weighted by molar-refractivity contribution is -0.384. The van der Waals surface area contributed by atoms with Gasteiger partial charge >= 0.3 is 0 Å². The van der Waals surface area contributed by atoms with Crippen molar-refractivity contribution >= 4 is 45.6 Å². The molecule has 0 fully saturated rings. The van der Waals surface area contributed by atoms with E-state index in [9.17, 15) is 19.3 Å². The fourth-order valence-electron chi connectivity index (χ4n) is 1.72. The smallest absolute Gasteiger partial charge is 0.293 e. The summed E-state index contributed by atoms with van der Waals surface area (Å²) < 4.78 is 14.5. The third kappa shape index (κ3) is 3.10. The molecule has 2 rings (SSSR count). The number of para-hydroxylation sites is 1. The van der Waals surface area contributed by atoms with Crippen molar-refractivity contribution in [2.75, 3.05) is 11.1 Å². The van der Waals surface area contributed by atoms with E-state index < -0.39 is 33.6 Å². The Morgan fingerprint density at radius 2 is 1.95 bits per heavy atom. The van der Waals surface area contributed by atoms with E-state index >= 15 is 0 Å². The number of carbonyl (C=O) groups excluding carboxylic acids is 1. The molecule has 0 spiro atoms. The fourth-order valence-corrected chi connectivity index (χ4v) is 2.24. The first-order chi connectivity index (χ1) is 9.91. The molecule has 2 aromatic carbocycles. The summed E-state index contributed by atoms with van der Waals surface area (Å²) in [6.07, 6.45) is 0. The number of benzene rings is 2. The van der Waals surface area contributed by atoms with Crippen LogP contribution in [0.4, 0.5) is 21.5 Å². The summed E-state index contributed by atoms with van der Waals surface area (Å²) in [5.41, 5.74) is 4.45. The second-order valence-corrected chi connectivity index (χ2v) is 5.21. The zero-order chi connectivity index (χ0) is 15.6. The lowest BCUT2D eigenvalue weighted by Crippen LogP contribution is -2.17. The third-order valence-corrected chi connectivity index (χ3v) is 3.66. The number of amides is 1. The maximum Gasteiger partial charge on any atom is 0.293 e. The Hall–Kier alpha value is -2.23. The Kier molecular flexibility index (Phi) is 4.36. The van der Waals surface area contributed by atoms with Crippen LogP contribution in [-0.2, 0) is 0 Å². The molecule has 0 heterocycles. The largest absolute Gasteiger partial charge is 0.392 e. The molecule has 2 aromatic rings. The van der Waals surface area contributed by atoms with Crippen molar-refractivity contribution in [2.45, 2.75) is 0 Å². The number of nitrogens with two attached hydrogens (primary N) is 1. The van der Waals surface area contributed by atoms with Gasteiger partial charge in [-0.25, -0.2) is 4.39 Å². The molecule has 0 saturated carbocycles. The van der Waals surface area contributed by atoms with Crippen molar-refractivity contribution in [3.63, 3.8) is 0 Å². The van der Waals surface area contributed by atoms with Gasteiger partial charge in [-0.1, -0.05) is 12.1 Å². The normalized spacial score (nSPS) is 10.2. The predicted octanol–water partition coefficient (Wildman–Crippen LogP) is 3.17. The molecule has 8 heteroatoms. The summed E-state index contributed by atoms with van der Waals surface area (Å²) in [5, 5.41) is 13.3. The van der Waals surface area contributed by atoms with E-state index in [4.69, 9.17) is 5.73 Å². The van der Waals surface area contributed by atoms with Crippen LogP contribution >= 0.6 is 22.6 Å². The molecule has 0 atom stereocenters. The summed E-state index contributed by atoms with van der Waals surface area (Å²) in [4.78, 5) is 22.2. The van der Waals surface area contributed by atoms with E-state index in [0.29, 0.717) is 5.69 Å². The molecule has 21 heavy (non-hydrogen) atoms. The molecule has 3 N–H and O–H groups in total. The number of nitro groups is 1. The zero-order valence-electron chi connectivity index (χ0n) is 10.5. The average Bonchev–Trinajstić information content (AvgIpc) is 2.41. The van der Waals surface area contributed by atoms with Crippen LogP contribution in [0.1, 0.15) is 10.4 Å². The number of hydrogen-bond acceptors (Lipinski definition) is 4. The number of hydrogen-bond donors (Lipinski definition) is 2. The lowest BCUT2D eigenvalue weighted by atomic mass is 10.1. The summed E-state index contributed by atoms with van der Waals surface area (Å²) in [6.45, 7) is 0. The van der Waals surface area contributed by atoms with Gasteiger partial charge in [0, 0.05) is 9.64 Å². The van der Waals surface area contributed by atoms with Crippen molar-refractivity contribution in [1.82, 2.24) is 0 Å². The highest BCUT2D eigenvalue weighted by molar-refractivity contribution is 14.1. The molecular formula is C13H9FIN3O3. The average molecular weight is 401 g/mol. The van der Waals surface area contributed by atoms with Crippen LogP contribution in [0.2, 0.25) is 0 Å². The molecule has 0 aromatic heterocycles. The number of halogens is 2. The molecule has 1 amide bonds. The topological polar surface area (TPSA) is 98.3 Å².